The van der Waals surface area contributed by atoms with Gasteiger partial charge in [-0.3, -0.25) is 14.4 Å². The maximum absolute atomic E-state index is 13.0. The topological polar surface area (TPSA) is 105 Å². The van der Waals surface area contributed by atoms with Crippen LogP contribution in [0.25, 0.3) is 0 Å². The number of benzene rings is 1. The fourth-order valence-corrected chi connectivity index (χ4v) is 3.63. The average Bonchev–Trinajstić information content (AvgIpc) is 3.24. The van der Waals surface area contributed by atoms with Crippen LogP contribution in [0.1, 0.15) is 48.9 Å². The zero-order valence-corrected chi connectivity index (χ0v) is 16.3. The summed E-state index contributed by atoms with van der Waals surface area (Å²) >= 11 is 0. The molecule has 1 saturated heterocycles. The van der Waals surface area contributed by atoms with Crippen LogP contribution in [0.2, 0.25) is 0 Å². The molecule has 1 aliphatic rings. The average molecular weight is 398 g/mol. The number of imidazole rings is 1. The van der Waals surface area contributed by atoms with Gasteiger partial charge in [-0.1, -0.05) is 6.07 Å². The third-order valence-electron chi connectivity index (χ3n) is 5.13. The number of aliphatic carboxylic acids is 1. The number of likely N-dealkylation sites (tertiary alicyclic amines) is 1. The summed E-state index contributed by atoms with van der Waals surface area (Å²) in [6.07, 6.45) is 8.69. The molecule has 29 heavy (non-hydrogen) atoms. The van der Waals surface area contributed by atoms with Gasteiger partial charge in [0.05, 0.1) is 6.33 Å². The van der Waals surface area contributed by atoms with Gasteiger partial charge in [-0.25, -0.2) is 4.98 Å². The van der Waals surface area contributed by atoms with Gasteiger partial charge in [-0.2, -0.15) is 0 Å². The highest BCUT2D eigenvalue weighted by molar-refractivity contribution is 5.97. The van der Waals surface area contributed by atoms with Crippen molar-refractivity contribution in [1.82, 2.24) is 14.5 Å². The van der Waals surface area contributed by atoms with Gasteiger partial charge in [-0.05, 0) is 43.9 Å². The highest BCUT2D eigenvalue weighted by Gasteiger charge is 2.27. The standard InChI is InChI=1S/C21H26N4O4/c26-19(9-12-24-13-10-22-15-24)23-17-5-3-4-16(14-17)21(29)25-11-2-1-6-18(25)7-8-20(27)28/h3-5,10,13-15,18H,1-2,6-9,11-12H2,(H,23,26)(H,27,28). The second kappa shape index (κ2) is 9.86. The highest BCUT2D eigenvalue weighted by atomic mass is 16.4. The molecule has 1 aliphatic heterocycles. The molecule has 3 rings (SSSR count). The molecule has 1 aromatic carbocycles. The van der Waals surface area contributed by atoms with Crippen molar-refractivity contribution < 1.29 is 19.5 Å². The molecule has 1 unspecified atom stereocenters. The Hall–Kier alpha value is -3.16. The second-order valence-electron chi connectivity index (χ2n) is 7.26. The molecule has 8 nitrogen and oxygen atoms in total. The lowest BCUT2D eigenvalue weighted by molar-refractivity contribution is -0.137. The number of nitrogens with one attached hydrogen (secondary N) is 1. The molecule has 0 saturated carbocycles. The second-order valence-corrected chi connectivity index (χ2v) is 7.26. The number of piperidine rings is 1. The van der Waals surface area contributed by atoms with Crippen molar-refractivity contribution in [3.63, 3.8) is 0 Å². The number of carboxylic acid groups (broad SMARTS) is 1. The van der Waals surface area contributed by atoms with E-state index in [9.17, 15) is 14.4 Å². The van der Waals surface area contributed by atoms with Gasteiger partial charge in [0, 0.05) is 55.6 Å². The number of rotatable bonds is 8. The molecule has 0 radical (unpaired) electrons. The van der Waals surface area contributed by atoms with E-state index in [1.54, 1.807) is 47.9 Å². The first-order valence-corrected chi connectivity index (χ1v) is 9.91. The largest absolute Gasteiger partial charge is 0.481 e. The van der Waals surface area contributed by atoms with Crippen molar-refractivity contribution in [2.75, 3.05) is 11.9 Å². The van der Waals surface area contributed by atoms with E-state index >= 15 is 0 Å². The minimum atomic E-state index is -0.844. The minimum Gasteiger partial charge on any atom is -0.481 e. The molecule has 8 heteroatoms. The fourth-order valence-electron chi connectivity index (χ4n) is 3.63. The Bertz CT molecular complexity index is 850. The lowest BCUT2D eigenvalue weighted by atomic mass is 9.97. The summed E-state index contributed by atoms with van der Waals surface area (Å²) in [5, 5.41) is 11.8. The zero-order valence-electron chi connectivity index (χ0n) is 16.3. The van der Waals surface area contributed by atoms with E-state index in [0.29, 0.717) is 37.2 Å². The lowest BCUT2D eigenvalue weighted by Gasteiger charge is -2.35. The molecule has 1 atom stereocenters. The maximum Gasteiger partial charge on any atom is 0.303 e. The van der Waals surface area contributed by atoms with Crippen molar-refractivity contribution in [2.45, 2.75) is 51.1 Å². The van der Waals surface area contributed by atoms with Crippen LogP contribution >= 0.6 is 0 Å². The van der Waals surface area contributed by atoms with Crippen molar-refractivity contribution in [1.29, 1.82) is 0 Å². The molecule has 2 amide bonds. The number of amides is 2. The van der Waals surface area contributed by atoms with Gasteiger partial charge in [0.15, 0.2) is 0 Å². The predicted molar refractivity (Wildman–Crippen MR) is 107 cm³/mol. The molecule has 154 valence electrons. The Morgan fingerprint density at radius 1 is 1.21 bits per heavy atom. The number of carboxylic acids is 1. The number of carbonyl (C=O) groups is 3. The Labute approximate surface area is 169 Å². The van der Waals surface area contributed by atoms with Crippen LogP contribution in [0.15, 0.2) is 43.0 Å². The minimum absolute atomic E-state index is 0.0548. The highest BCUT2D eigenvalue weighted by Crippen LogP contribution is 2.24. The number of hydrogen-bond donors (Lipinski definition) is 2. The first-order chi connectivity index (χ1) is 14.0. The Balaban J connectivity index is 1.61. The van der Waals surface area contributed by atoms with Crippen LogP contribution < -0.4 is 5.32 Å². The number of carbonyl (C=O) groups excluding carboxylic acids is 2. The first-order valence-electron chi connectivity index (χ1n) is 9.91. The SMILES string of the molecule is O=C(O)CCC1CCCCN1C(=O)c1cccc(NC(=O)CCn2ccnc2)c1. The summed E-state index contributed by atoms with van der Waals surface area (Å²) in [5.41, 5.74) is 1.07. The van der Waals surface area contributed by atoms with E-state index in [0.717, 1.165) is 19.3 Å². The van der Waals surface area contributed by atoms with Crippen LogP contribution in [-0.4, -0.2) is 49.9 Å². The van der Waals surface area contributed by atoms with Crippen LogP contribution in [0, 0.1) is 0 Å². The van der Waals surface area contributed by atoms with Crippen molar-refractivity contribution >= 4 is 23.5 Å². The van der Waals surface area contributed by atoms with E-state index in [2.05, 4.69) is 10.3 Å². The number of aromatic nitrogens is 2. The van der Waals surface area contributed by atoms with E-state index < -0.39 is 5.97 Å². The Morgan fingerprint density at radius 2 is 2.07 bits per heavy atom. The smallest absolute Gasteiger partial charge is 0.303 e. The summed E-state index contributed by atoms with van der Waals surface area (Å²) in [4.78, 5) is 41.9. The molecular formula is C21H26N4O4. The van der Waals surface area contributed by atoms with Crippen LogP contribution in [0.3, 0.4) is 0 Å². The van der Waals surface area contributed by atoms with E-state index in [1.807, 2.05) is 4.57 Å². The Morgan fingerprint density at radius 3 is 2.83 bits per heavy atom. The third-order valence-corrected chi connectivity index (χ3v) is 5.13. The normalized spacial score (nSPS) is 16.4. The molecule has 0 spiro atoms. The molecule has 2 aromatic rings. The van der Waals surface area contributed by atoms with Gasteiger partial charge >= 0.3 is 5.97 Å². The molecule has 0 aliphatic carbocycles. The van der Waals surface area contributed by atoms with Gasteiger partial charge in [0.1, 0.15) is 0 Å². The number of hydrogen-bond acceptors (Lipinski definition) is 4. The summed E-state index contributed by atoms with van der Waals surface area (Å²) < 4.78 is 1.83. The van der Waals surface area contributed by atoms with Gasteiger partial charge in [0.25, 0.3) is 5.91 Å². The van der Waals surface area contributed by atoms with Crippen molar-refractivity contribution in [2.24, 2.45) is 0 Å². The molecule has 1 aromatic heterocycles. The van der Waals surface area contributed by atoms with E-state index in [-0.39, 0.29) is 24.3 Å². The number of anilines is 1. The van der Waals surface area contributed by atoms with E-state index in [1.165, 1.54) is 0 Å². The zero-order chi connectivity index (χ0) is 20.6. The molecule has 0 bridgehead atoms. The summed E-state index contributed by atoms with van der Waals surface area (Å²) in [6, 6.07) is 6.85. The molecule has 2 heterocycles. The third kappa shape index (κ3) is 5.91. The van der Waals surface area contributed by atoms with Crippen molar-refractivity contribution in [3.8, 4) is 0 Å². The lowest BCUT2D eigenvalue weighted by Crippen LogP contribution is -2.44. The first kappa shape index (κ1) is 20.6. The van der Waals surface area contributed by atoms with Gasteiger partial charge < -0.3 is 19.9 Å². The molecule has 1 fully saturated rings. The summed E-state index contributed by atoms with van der Waals surface area (Å²) in [6.45, 7) is 1.16. The van der Waals surface area contributed by atoms with E-state index in [4.69, 9.17) is 5.11 Å². The maximum atomic E-state index is 13.0. The monoisotopic (exact) mass is 398 g/mol. The summed E-state index contributed by atoms with van der Waals surface area (Å²) in [5.74, 6) is -1.10. The number of aryl methyl sites for hydroxylation is 1. The Kier molecular flexibility index (Phi) is 6.99. The van der Waals surface area contributed by atoms with Gasteiger partial charge in [0.2, 0.25) is 5.91 Å². The van der Waals surface area contributed by atoms with Gasteiger partial charge in [-0.15, -0.1) is 0 Å². The fraction of sp³-hybridized carbons (Fsp3) is 0.429. The quantitative estimate of drug-likeness (QED) is 0.711. The summed E-state index contributed by atoms with van der Waals surface area (Å²) in [7, 11) is 0. The van der Waals surface area contributed by atoms with Crippen LogP contribution in [0.5, 0.6) is 0 Å². The van der Waals surface area contributed by atoms with Crippen LogP contribution in [0.4, 0.5) is 5.69 Å². The number of nitrogens with zero attached hydrogens (tertiary/aromatic N) is 3. The predicted octanol–water partition coefficient (Wildman–Crippen LogP) is 2.77. The molecular weight excluding hydrogens is 372 g/mol. The molecule has 2 N–H and O–H groups in total. The van der Waals surface area contributed by atoms with Crippen molar-refractivity contribution in [3.05, 3.63) is 48.5 Å². The van der Waals surface area contributed by atoms with Crippen LogP contribution in [-0.2, 0) is 16.1 Å².